The van der Waals surface area contributed by atoms with Gasteiger partial charge in [-0.3, -0.25) is 9.67 Å². The van der Waals surface area contributed by atoms with E-state index in [-0.39, 0.29) is 24.0 Å². The Morgan fingerprint density at radius 3 is 2.69 bits per heavy atom. The number of halogens is 1. The second kappa shape index (κ2) is 11.9. The van der Waals surface area contributed by atoms with Gasteiger partial charge in [-0.05, 0) is 43.2 Å². The van der Waals surface area contributed by atoms with Gasteiger partial charge in [-0.2, -0.15) is 5.10 Å². The molecule has 1 atom stereocenters. The lowest BCUT2D eigenvalue weighted by molar-refractivity contribution is 0.312. The number of guanidine groups is 1. The summed E-state index contributed by atoms with van der Waals surface area (Å²) >= 11 is 0. The Kier molecular flexibility index (Phi) is 9.56. The molecule has 29 heavy (non-hydrogen) atoms. The van der Waals surface area contributed by atoms with Gasteiger partial charge in [-0.15, -0.1) is 24.0 Å². The van der Waals surface area contributed by atoms with Crippen molar-refractivity contribution in [3.8, 4) is 11.5 Å². The van der Waals surface area contributed by atoms with Crippen molar-refractivity contribution >= 4 is 29.9 Å². The van der Waals surface area contributed by atoms with Crippen LogP contribution >= 0.6 is 24.0 Å². The number of aryl methyl sites for hydroxylation is 1. The first-order valence-corrected chi connectivity index (χ1v) is 9.98. The first kappa shape index (κ1) is 23.3. The van der Waals surface area contributed by atoms with Crippen molar-refractivity contribution in [1.29, 1.82) is 0 Å². The molecule has 1 unspecified atom stereocenters. The first-order valence-electron chi connectivity index (χ1n) is 9.98. The average Bonchev–Trinajstić information content (AvgIpc) is 3.36. The van der Waals surface area contributed by atoms with Crippen molar-refractivity contribution in [2.45, 2.75) is 25.7 Å². The Morgan fingerprint density at radius 1 is 1.28 bits per heavy atom. The van der Waals surface area contributed by atoms with Gasteiger partial charge in [0.25, 0.3) is 0 Å². The van der Waals surface area contributed by atoms with Crippen LogP contribution in [0.4, 0.5) is 0 Å². The summed E-state index contributed by atoms with van der Waals surface area (Å²) in [5, 5.41) is 7.73. The monoisotopic (exact) mass is 513 g/mol. The highest BCUT2D eigenvalue weighted by molar-refractivity contribution is 14.0. The molecule has 3 rings (SSSR count). The second-order valence-corrected chi connectivity index (χ2v) is 6.99. The van der Waals surface area contributed by atoms with Crippen LogP contribution in [0.2, 0.25) is 0 Å². The summed E-state index contributed by atoms with van der Waals surface area (Å²) in [5.41, 5.74) is 1.31. The average molecular weight is 513 g/mol. The van der Waals surface area contributed by atoms with E-state index >= 15 is 0 Å². The molecule has 8 heteroatoms. The summed E-state index contributed by atoms with van der Waals surface area (Å²) < 4.78 is 12.8. The van der Waals surface area contributed by atoms with Gasteiger partial charge in [0, 0.05) is 51.8 Å². The van der Waals surface area contributed by atoms with Crippen molar-refractivity contribution in [2.75, 3.05) is 39.9 Å². The molecule has 160 valence electrons. The van der Waals surface area contributed by atoms with Crippen LogP contribution < -0.4 is 14.8 Å². The summed E-state index contributed by atoms with van der Waals surface area (Å²) in [7, 11) is 3.63. The van der Waals surface area contributed by atoms with E-state index < -0.39 is 0 Å². The molecule has 0 spiro atoms. The maximum atomic E-state index is 5.78. The maximum Gasteiger partial charge on any atom is 0.193 e. The fourth-order valence-electron chi connectivity index (χ4n) is 3.41. The zero-order valence-electron chi connectivity index (χ0n) is 17.5. The van der Waals surface area contributed by atoms with Crippen molar-refractivity contribution in [2.24, 2.45) is 12.0 Å². The number of ether oxygens (including phenoxy) is 2. The Hall–Kier alpha value is -1.97. The van der Waals surface area contributed by atoms with E-state index in [0.29, 0.717) is 12.5 Å². The number of hydrogen-bond acceptors (Lipinski definition) is 4. The van der Waals surface area contributed by atoms with Crippen LogP contribution in [0.5, 0.6) is 11.5 Å². The van der Waals surface area contributed by atoms with Crippen LogP contribution in [0.1, 0.15) is 31.2 Å². The molecule has 1 saturated heterocycles. The van der Waals surface area contributed by atoms with Gasteiger partial charge in [-0.25, -0.2) is 0 Å². The quantitative estimate of drug-likeness (QED) is 0.254. The second-order valence-electron chi connectivity index (χ2n) is 6.99. The molecule has 7 nitrogen and oxygen atoms in total. The molecule has 1 aliphatic rings. The fraction of sp³-hybridized carbons (Fsp3) is 0.524. The van der Waals surface area contributed by atoms with Crippen LogP contribution in [0, 0.1) is 0 Å². The minimum atomic E-state index is 0. The van der Waals surface area contributed by atoms with Crippen LogP contribution in [-0.2, 0) is 7.05 Å². The number of aromatic nitrogens is 2. The van der Waals surface area contributed by atoms with Crippen LogP contribution in [0.25, 0.3) is 0 Å². The van der Waals surface area contributed by atoms with Gasteiger partial charge in [-0.1, -0.05) is 0 Å². The van der Waals surface area contributed by atoms with Crippen molar-refractivity contribution < 1.29 is 9.47 Å². The van der Waals surface area contributed by atoms with Crippen molar-refractivity contribution in [1.82, 2.24) is 20.0 Å². The lowest BCUT2D eigenvalue weighted by Gasteiger charge is -2.21. The van der Waals surface area contributed by atoms with Crippen LogP contribution in [0.3, 0.4) is 0 Å². The predicted octanol–water partition coefficient (Wildman–Crippen LogP) is 3.27. The van der Waals surface area contributed by atoms with E-state index in [9.17, 15) is 0 Å². The third-order valence-corrected chi connectivity index (χ3v) is 4.91. The summed E-state index contributed by atoms with van der Waals surface area (Å²) in [5.74, 6) is 3.22. The van der Waals surface area contributed by atoms with Gasteiger partial charge >= 0.3 is 0 Å². The Labute approximate surface area is 190 Å². The molecule has 0 aliphatic carbocycles. The Morgan fingerprint density at radius 2 is 2.03 bits per heavy atom. The lowest BCUT2D eigenvalue weighted by Crippen LogP contribution is -2.40. The van der Waals surface area contributed by atoms with E-state index in [1.165, 1.54) is 5.56 Å². The van der Waals surface area contributed by atoms with E-state index in [1.54, 1.807) is 7.11 Å². The highest BCUT2D eigenvalue weighted by Crippen LogP contribution is 2.26. The normalized spacial score (nSPS) is 16.4. The molecule has 1 N–H and O–H groups in total. The van der Waals surface area contributed by atoms with Gasteiger partial charge < -0.3 is 19.7 Å². The molecule has 2 heterocycles. The first-order chi connectivity index (χ1) is 13.7. The number of methoxy groups -OCH3 is 1. The molecule has 2 aromatic rings. The van der Waals surface area contributed by atoms with E-state index in [2.05, 4.69) is 28.4 Å². The molecule has 1 aliphatic heterocycles. The number of hydrogen-bond donors (Lipinski definition) is 1. The van der Waals surface area contributed by atoms with Crippen molar-refractivity contribution in [3.05, 3.63) is 42.2 Å². The minimum Gasteiger partial charge on any atom is -0.497 e. The van der Waals surface area contributed by atoms with Gasteiger partial charge in [0.1, 0.15) is 11.5 Å². The summed E-state index contributed by atoms with van der Waals surface area (Å²) in [6.07, 6.45) is 6.11. The molecule has 1 aromatic heterocycles. The van der Waals surface area contributed by atoms with E-state index in [0.717, 1.165) is 56.5 Å². The van der Waals surface area contributed by atoms with Crippen molar-refractivity contribution in [3.63, 3.8) is 0 Å². The number of nitrogens with zero attached hydrogens (tertiary/aromatic N) is 4. The zero-order valence-corrected chi connectivity index (χ0v) is 19.8. The van der Waals surface area contributed by atoms with Crippen LogP contribution in [0.15, 0.2) is 41.7 Å². The molecule has 1 fully saturated rings. The third-order valence-electron chi connectivity index (χ3n) is 4.91. The number of likely N-dealkylation sites (tertiary alicyclic amines) is 1. The highest BCUT2D eigenvalue weighted by atomic mass is 127. The topological polar surface area (TPSA) is 63.9 Å². The summed E-state index contributed by atoms with van der Waals surface area (Å²) in [6, 6.07) is 7.66. The molecule has 0 radical (unpaired) electrons. The van der Waals surface area contributed by atoms with Gasteiger partial charge in [0.2, 0.25) is 0 Å². The Balaban J connectivity index is 0.00000300. The number of aliphatic imine (C=N–C) groups is 1. The molecule has 0 amide bonds. The molecule has 1 aromatic carbocycles. The minimum absolute atomic E-state index is 0. The van der Waals surface area contributed by atoms with E-state index in [4.69, 9.17) is 14.5 Å². The largest absolute Gasteiger partial charge is 0.497 e. The Bertz CT molecular complexity index is 763. The number of nitrogens with one attached hydrogen (secondary N) is 1. The summed E-state index contributed by atoms with van der Waals surface area (Å²) in [4.78, 5) is 7.15. The molecular weight excluding hydrogens is 481 g/mol. The zero-order chi connectivity index (χ0) is 19.8. The number of benzene rings is 1. The summed E-state index contributed by atoms with van der Waals surface area (Å²) in [6.45, 7) is 6.37. The SMILES string of the molecule is CCNC(=NCCCOc1ccc(OC)cc1)N1CCC(c2cnn(C)c2)C1.I. The molecular formula is C21H32IN5O2. The highest BCUT2D eigenvalue weighted by Gasteiger charge is 2.26. The molecule has 0 saturated carbocycles. The predicted molar refractivity (Wildman–Crippen MR) is 127 cm³/mol. The van der Waals surface area contributed by atoms with Gasteiger partial charge in [0.05, 0.1) is 19.9 Å². The van der Waals surface area contributed by atoms with E-state index in [1.807, 2.05) is 42.2 Å². The third kappa shape index (κ3) is 6.80. The standard InChI is InChI=1S/C21H31N5O2.HI/c1-4-22-21(26-12-10-17(16-26)18-14-24-25(2)15-18)23-11-5-13-28-20-8-6-19(27-3)7-9-20;/h6-9,14-15,17H,4-5,10-13,16H2,1-3H3,(H,22,23);1H. The van der Waals surface area contributed by atoms with Gasteiger partial charge in [0.15, 0.2) is 5.96 Å². The fourth-order valence-corrected chi connectivity index (χ4v) is 3.41. The maximum absolute atomic E-state index is 5.78. The lowest BCUT2D eigenvalue weighted by atomic mass is 10.0. The van der Waals surface area contributed by atoms with Crippen LogP contribution in [-0.4, -0.2) is 60.5 Å². The number of rotatable bonds is 8. The smallest absolute Gasteiger partial charge is 0.193 e. The molecule has 0 bridgehead atoms.